The van der Waals surface area contributed by atoms with Crippen molar-refractivity contribution in [1.29, 1.82) is 5.26 Å². The fraction of sp³-hybridized carbons (Fsp3) is 0.222. The molecular formula is C18H13FN4O. The van der Waals surface area contributed by atoms with Crippen LogP contribution in [-0.4, -0.2) is 15.0 Å². The summed E-state index contributed by atoms with van der Waals surface area (Å²) in [4.78, 5) is 12.6. The molecule has 0 saturated carbocycles. The van der Waals surface area contributed by atoms with Crippen LogP contribution in [0.25, 0.3) is 11.6 Å². The van der Waals surface area contributed by atoms with Crippen LogP contribution >= 0.6 is 0 Å². The van der Waals surface area contributed by atoms with Crippen LogP contribution in [0.4, 0.5) is 4.39 Å². The maximum Gasteiger partial charge on any atom is 0.245 e. The van der Waals surface area contributed by atoms with E-state index in [1.807, 2.05) is 6.07 Å². The Hall–Kier alpha value is -3.07. The normalized spacial score (nSPS) is 16.4. The fourth-order valence-corrected chi connectivity index (χ4v) is 3.10. The number of nitrogens with zero attached hydrogens (tertiary/aromatic N) is 4. The number of rotatable bonds is 2. The van der Waals surface area contributed by atoms with Crippen molar-refractivity contribution in [2.45, 2.75) is 25.2 Å². The van der Waals surface area contributed by atoms with Crippen LogP contribution in [0.15, 0.2) is 41.2 Å². The number of benzene rings is 1. The number of fused-ring (bicyclic) bond motifs is 1. The Labute approximate surface area is 137 Å². The molecule has 0 radical (unpaired) electrons. The van der Waals surface area contributed by atoms with E-state index in [9.17, 15) is 4.39 Å². The SMILES string of the molecule is N#Cc1cc(F)cc(C2CCc3oc(-c4ccncn4)nc3C2)c1. The summed E-state index contributed by atoms with van der Waals surface area (Å²) in [6, 6.07) is 8.26. The lowest BCUT2D eigenvalue weighted by Gasteiger charge is -2.20. The van der Waals surface area contributed by atoms with Crippen molar-refractivity contribution in [1.82, 2.24) is 15.0 Å². The molecule has 0 amide bonds. The molecule has 0 spiro atoms. The number of aromatic nitrogens is 3. The van der Waals surface area contributed by atoms with Gasteiger partial charge in [-0.05, 0) is 42.2 Å². The molecule has 1 unspecified atom stereocenters. The van der Waals surface area contributed by atoms with Gasteiger partial charge in [-0.25, -0.2) is 19.3 Å². The van der Waals surface area contributed by atoms with Crippen molar-refractivity contribution in [3.8, 4) is 17.7 Å². The van der Waals surface area contributed by atoms with E-state index in [2.05, 4.69) is 15.0 Å². The molecule has 2 heterocycles. The first-order chi connectivity index (χ1) is 11.7. The van der Waals surface area contributed by atoms with Crippen LogP contribution in [0, 0.1) is 17.1 Å². The summed E-state index contributed by atoms with van der Waals surface area (Å²) in [6.45, 7) is 0. The number of nitriles is 1. The van der Waals surface area contributed by atoms with E-state index in [1.165, 1.54) is 18.5 Å². The number of hydrogen-bond donors (Lipinski definition) is 0. The molecule has 1 aromatic carbocycles. The lowest BCUT2D eigenvalue weighted by atomic mass is 9.84. The monoisotopic (exact) mass is 320 g/mol. The molecule has 2 aromatic heterocycles. The molecule has 0 fully saturated rings. The van der Waals surface area contributed by atoms with Crippen LogP contribution in [0.3, 0.4) is 0 Å². The quantitative estimate of drug-likeness (QED) is 0.723. The van der Waals surface area contributed by atoms with Gasteiger partial charge in [0.05, 0.1) is 17.3 Å². The first-order valence-electron chi connectivity index (χ1n) is 7.68. The zero-order valence-electron chi connectivity index (χ0n) is 12.7. The molecule has 3 aromatic rings. The molecule has 0 N–H and O–H groups in total. The minimum Gasteiger partial charge on any atom is -0.440 e. The molecule has 5 nitrogen and oxygen atoms in total. The van der Waals surface area contributed by atoms with Crippen LogP contribution < -0.4 is 0 Å². The molecule has 118 valence electrons. The van der Waals surface area contributed by atoms with Gasteiger partial charge in [0.1, 0.15) is 23.6 Å². The van der Waals surface area contributed by atoms with E-state index in [1.54, 1.807) is 18.3 Å². The first kappa shape index (κ1) is 14.5. The molecule has 1 aliphatic rings. The Morgan fingerprint density at radius 3 is 3.00 bits per heavy atom. The molecule has 1 atom stereocenters. The summed E-state index contributed by atoms with van der Waals surface area (Å²) in [5.74, 6) is 1.09. The number of aryl methyl sites for hydroxylation is 1. The van der Waals surface area contributed by atoms with E-state index in [-0.39, 0.29) is 11.7 Å². The van der Waals surface area contributed by atoms with E-state index >= 15 is 0 Å². The van der Waals surface area contributed by atoms with Gasteiger partial charge in [0.2, 0.25) is 5.89 Å². The Kier molecular flexibility index (Phi) is 3.54. The molecule has 4 rings (SSSR count). The minimum absolute atomic E-state index is 0.128. The van der Waals surface area contributed by atoms with Crippen molar-refractivity contribution < 1.29 is 8.81 Å². The Balaban J connectivity index is 1.64. The van der Waals surface area contributed by atoms with Gasteiger partial charge >= 0.3 is 0 Å². The van der Waals surface area contributed by atoms with Gasteiger partial charge in [0, 0.05) is 19.0 Å². The van der Waals surface area contributed by atoms with Gasteiger partial charge in [0.25, 0.3) is 0 Å². The van der Waals surface area contributed by atoms with E-state index in [4.69, 9.17) is 9.68 Å². The second-order valence-corrected chi connectivity index (χ2v) is 5.81. The molecule has 6 heteroatoms. The summed E-state index contributed by atoms with van der Waals surface area (Å²) in [6.07, 6.45) is 5.33. The second-order valence-electron chi connectivity index (χ2n) is 5.81. The van der Waals surface area contributed by atoms with Gasteiger partial charge in [-0.15, -0.1) is 0 Å². The molecule has 0 saturated heterocycles. The van der Waals surface area contributed by atoms with Crippen LogP contribution in [0.5, 0.6) is 0 Å². The van der Waals surface area contributed by atoms with Gasteiger partial charge in [-0.3, -0.25) is 0 Å². The summed E-state index contributed by atoms with van der Waals surface area (Å²) in [7, 11) is 0. The van der Waals surface area contributed by atoms with Crippen molar-refractivity contribution in [3.63, 3.8) is 0 Å². The maximum absolute atomic E-state index is 13.7. The minimum atomic E-state index is -0.378. The standard InChI is InChI=1S/C18H13FN4O/c19-14-6-11(9-20)5-13(7-14)12-1-2-17-16(8-12)23-18(24-17)15-3-4-21-10-22-15/h3-7,10,12H,1-2,8H2. The van der Waals surface area contributed by atoms with Gasteiger partial charge in [-0.2, -0.15) is 5.26 Å². The highest BCUT2D eigenvalue weighted by molar-refractivity contribution is 5.47. The van der Waals surface area contributed by atoms with E-state index in [0.717, 1.165) is 29.9 Å². The van der Waals surface area contributed by atoms with Crippen molar-refractivity contribution >= 4 is 0 Å². The van der Waals surface area contributed by atoms with Gasteiger partial charge in [-0.1, -0.05) is 0 Å². The lowest BCUT2D eigenvalue weighted by Crippen LogP contribution is -2.12. The third-order valence-corrected chi connectivity index (χ3v) is 4.26. The molecule has 0 aliphatic heterocycles. The average Bonchev–Trinajstić information content (AvgIpc) is 3.05. The predicted octanol–water partition coefficient (Wildman–Crippen LogP) is 3.41. The zero-order valence-corrected chi connectivity index (χ0v) is 12.7. The largest absolute Gasteiger partial charge is 0.440 e. The highest BCUT2D eigenvalue weighted by atomic mass is 19.1. The Morgan fingerprint density at radius 1 is 1.29 bits per heavy atom. The highest BCUT2D eigenvalue weighted by Crippen LogP contribution is 2.35. The second kappa shape index (κ2) is 5.85. The molecule has 0 bridgehead atoms. The van der Waals surface area contributed by atoms with Gasteiger partial charge < -0.3 is 4.42 Å². The highest BCUT2D eigenvalue weighted by Gasteiger charge is 2.26. The molecule has 1 aliphatic carbocycles. The molecule has 24 heavy (non-hydrogen) atoms. The van der Waals surface area contributed by atoms with Crippen LogP contribution in [0.2, 0.25) is 0 Å². The van der Waals surface area contributed by atoms with E-state index in [0.29, 0.717) is 23.6 Å². The summed E-state index contributed by atoms with van der Waals surface area (Å²) in [5.41, 5.74) is 2.71. The Bertz CT molecular complexity index is 930. The number of oxazole rings is 1. The van der Waals surface area contributed by atoms with Gasteiger partial charge in [0.15, 0.2) is 0 Å². The summed E-state index contributed by atoms with van der Waals surface area (Å²) in [5, 5.41) is 9.02. The topological polar surface area (TPSA) is 75.6 Å². The lowest BCUT2D eigenvalue weighted by molar-refractivity contribution is 0.463. The van der Waals surface area contributed by atoms with E-state index < -0.39 is 0 Å². The van der Waals surface area contributed by atoms with Crippen molar-refractivity contribution in [3.05, 3.63) is 65.2 Å². The smallest absolute Gasteiger partial charge is 0.245 e. The van der Waals surface area contributed by atoms with Crippen molar-refractivity contribution in [2.75, 3.05) is 0 Å². The zero-order chi connectivity index (χ0) is 16.5. The first-order valence-corrected chi connectivity index (χ1v) is 7.68. The third kappa shape index (κ3) is 2.65. The predicted molar refractivity (Wildman–Crippen MR) is 83.4 cm³/mol. The Morgan fingerprint density at radius 2 is 2.21 bits per heavy atom. The maximum atomic E-state index is 13.7. The summed E-state index contributed by atoms with van der Waals surface area (Å²) < 4.78 is 19.5. The average molecular weight is 320 g/mol. The number of hydrogen-bond acceptors (Lipinski definition) is 5. The van der Waals surface area contributed by atoms with Crippen LogP contribution in [0.1, 0.15) is 34.9 Å². The summed E-state index contributed by atoms with van der Waals surface area (Å²) >= 11 is 0. The molecular weight excluding hydrogens is 307 g/mol. The third-order valence-electron chi connectivity index (χ3n) is 4.26. The van der Waals surface area contributed by atoms with Crippen molar-refractivity contribution in [2.24, 2.45) is 0 Å². The fourth-order valence-electron chi connectivity index (χ4n) is 3.10. The van der Waals surface area contributed by atoms with Crippen LogP contribution in [-0.2, 0) is 12.8 Å². The number of halogens is 1.